The number of azo groups is 2. The molecule has 0 spiro atoms. The van der Waals surface area contributed by atoms with Crippen LogP contribution < -0.4 is 5.73 Å². The van der Waals surface area contributed by atoms with E-state index in [1.807, 2.05) is 0 Å². The van der Waals surface area contributed by atoms with Crippen LogP contribution >= 0.6 is 0 Å². The van der Waals surface area contributed by atoms with Crippen LogP contribution in [0.2, 0.25) is 0 Å². The highest BCUT2D eigenvalue weighted by atomic mass is 32.2. The second-order valence-electron chi connectivity index (χ2n) is 8.58. The Morgan fingerprint density at radius 3 is 1.86 bits per heavy atom. The highest BCUT2D eigenvalue weighted by molar-refractivity contribution is 7.86. The van der Waals surface area contributed by atoms with Gasteiger partial charge >= 0.3 is 0 Å². The van der Waals surface area contributed by atoms with E-state index in [1.165, 1.54) is 24.3 Å². The van der Waals surface area contributed by atoms with Crippen molar-refractivity contribution < 1.29 is 48.4 Å². The number of aryl methyl sites for hydroxylation is 1. The molecule has 0 bridgehead atoms. The lowest BCUT2D eigenvalue weighted by Crippen LogP contribution is -2.00. The summed E-state index contributed by atoms with van der Waals surface area (Å²) in [5.74, 6) is -1.93. The van der Waals surface area contributed by atoms with E-state index in [0.717, 1.165) is 12.1 Å². The van der Waals surface area contributed by atoms with Crippen molar-refractivity contribution >= 4 is 69.6 Å². The maximum atomic E-state index is 13.8. The molecule has 0 fully saturated rings. The predicted octanol–water partition coefficient (Wildman–Crippen LogP) is 5.15. The maximum Gasteiger partial charge on any atom is 0.296 e. The number of hydrogen-bond acceptors (Lipinski definition) is 12. The van der Waals surface area contributed by atoms with Crippen LogP contribution in [0.15, 0.2) is 89.7 Å². The van der Waals surface area contributed by atoms with E-state index in [2.05, 4.69) is 20.5 Å². The molecule has 0 radical (unpaired) electrons. The van der Waals surface area contributed by atoms with Gasteiger partial charge in [-0.3, -0.25) is 13.7 Å². The maximum absolute atomic E-state index is 13.8. The van der Waals surface area contributed by atoms with Crippen molar-refractivity contribution in [3.63, 3.8) is 0 Å². The topological polar surface area (TPSA) is 259 Å². The summed E-state index contributed by atoms with van der Waals surface area (Å²) >= 11 is 0. The van der Waals surface area contributed by atoms with Crippen molar-refractivity contribution in [2.24, 2.45) is 20.5 Å². The highest BCUT2D eigenvalue weighted by Crippen LogP contribution is 2.46. The summed E-state index contributed by atoms with van der Waals surface area (Å²) in [5.41, 5.74) is 4.03. The van der Waals surface area contributed by atoms with Gasteiger partial charge < -0.3 is 10.8 Å². The molecule has 4 rings (SSSR count). The number of fused-ring (bicyclic) bond motifs is 1. The molecule has 4 aromatic carbocycles. The molecule has 4 aromatic rings. The Hall–Kier alpha value is -4.40. The number of nitrogen functional groups attached to an aromatic ring is 1. The molecule has 220 valence electrons. The molecule has 0 amide bonds. The number of anilines is 1. The van der Waals surface area contributed by atoms with E-state index in [0.29, 0.717) is 23.8 Å². The summed E-state index contributed by atoms with van der Waals surface area (Å²) in [6, 6.07) is 8.96. The van der Waals surface area contributed by atoms with Gasteiger partial charge in [0.05, 0.1) is 5.69 Å². The van der Waals surface area contributed by atoms with E-state index >= 15 is 0 Å². The summed E-state index contributed by atoms with van der Waals surface area (Å²) in [7, 11) is -14.9. The lowest BCUT2D eigenvalue weighted by molar-refractivity contribution is 0.472. The minimum absolute atomic E-state index is 0.139. The number of aromatic hydroxyl groups is 1. The zero-order valence-corrected chi connectivity index (χ0v) is 23.4. The summed E-state index contributed by atoms with van der Waals surface area (Å²) in [4.78, 5) is -2.55. The van der Waals surface area contributed by atoms with E-state index < -0.39 is 68.0 Å². The number of phenolic OH excluding ortho intramolecular Hbond substituents is 1. The first-order valence-corrected chi connectivity index (χ1v) is 15.4. The monoisotopic (exact) mass is 639 g/mol. The summed E-state index contributed by atoms with van der Waals surface area (Å²) in [5, 5.41) is 25.2. The van der Waals surface area contributed by atoms with Crippen LogP contribution in [0.25, 0.3) is 10.8 Å². The standard InChI is InChI=1S/C23H18FN5O10S3/c1-11-2-6-16(19(8-11)41(34,35)36)26-28-21-14-10-20(42(37,38)39)22(23(30)13(14)4-5-15(21)25)29-27-17-9-12(24)3-7-18(17)40(31,32)33/h2-10,30H,25H2,1H3,(H,31,32,33)(H,34,35,36)(H,37,38,39). The largest absolute Gasteiger partial charge is 0.505 e. The first-order valence-electron chi connectivity index (χ1n) is 11.1. The Morgan fingerprint density at radius 2 is 1.24 bits per heavy atom. The number of halogens is 1. The Morgan fingerprint density at radius 1 is 0.643 bits per heavy atom. The van der Waals surface area contributed by atoms with E-state index in [1.54, 1.807) is 6.92 Å². The van der Waals surface area contributed by atoms with Gasteiger partial charge in [-0.1, -0.05) is 6.07 Å². The van der Waals surface area contributed by atoms with Crippen molar-refractivity contribution in [1.82, 2.24) is 0 Å². The summed E-state index contributed by atoms with van der Waals surface area (Å²) < 4.78 is 114. The molecule has 0 heterocycles. The van der Waals surface area contributed by atoms with Crippen LogP contribution in [0.1, 0.15) is 5.56 Å². The third-order valence-electron chi connectivity index (χ3n) is 5.62. The van der Waals surface area contributed by atoms with Crippen LogP contribution in [-0.2, 0) is 30.4 Å². The Bertz CT molecular complexity index is 2170. The van der Waals surface area contributed by atoms with Gasteiger partial charge in [-0.05, 0) is 55.0 Å². The molecule has 0 aliphatic carbocycles. The average molecular weight is 640 g/mol. The zero-order valence-electron chi connectivity index (χ0n) is 20.9. The molecule has 6 N–H and O–H groups in total. The van der Waals surface area contributed by atoms with E-state index in [9.17, 15) is 48.4 Å². The molecule has 0 unspecified atom stereocenters. The average Bonchev–Trinajstić information content (AvgIpc) is 2.86. The van der Waals surface area contributed by atoms with Crippen LogP contribution in [0.4, 0.5) is 32.8 Å². The first kappa shape index (κ1) is 30.6. The minimum atomic E-state index is -5.21. The van der Waals surface area contributed by atoms with Gasteiger partial charge in [0.2, 0.25) is 0 Å². The molecular weight excluding hydrogens is 621 g/mol. The second kappa shape index (κ2) is 10.8. The Balaban J connectivity index is 1.97. The lowest BCUT2D eigenvalue weighted by Gasteiger charge is -2.12. The third-order valence-corrected chi connectivity index (χ3v) is 8.27. The van der Waals surface area contributed by atoms with Crippen LogP contribution in [0, 0.1) is 12.7 Å². The third kappa shape index (κ3) is 6.25. The number of nitrogens with two attached hydrogens (primary N) is 1. The Labute approximate surface area is 237 Å². The quantitative estimate of drug-likeness (QED) is 0.100. The van der Waals surface area contributed by atoms with E-state index in [-0.39, 0.29) is 27.8 Å². The number of rotatable bonds is 7. The van der Waals surface area contributed by atoms with Crippen LogP contribution in [0.3, 0.4) is 0 Å². The van der Waals surface area contributed by atoms with Crippen molar-refractivity contribution in [2.75, 3.05) is 5.73 Å². The number of phenols is 1. The SMILES string of the molecule is Cc1ccc(N=Nc2c(N)ccc3c(O)c(N=Nc4cc(F)ccc4S(=O)(=O)O)c(S(=O)(=O)O)cc23)c(S(=O)(=O)O)c1. The zero-order chi connectivity index (χ0) is 31.2. The fourth-order valence-electron chi connectivity index (χ4n) is 3.73. The number of benzene rings is 4. The van der Waals surface area contributed by atoms with Gasteiger partial charge in [0.25, 0.3) is 30.4 Å². The van der Waals surface area contributed by atoms with Gasteiger partial charge in [-0.25, -0.2) is 4.39 Å². The molecule has 0 saturated carbocycles. The molecular formula is C23H18FN5O10S3. The van der Waals surface area contributed by atoms with Crippen molar-refractivity contribution in [1.29, 1.82) is 0 Å². The van der Waals surface area contributed by atoms with Gasteiger partial charge in [-0.2, -0.15) is 25.3 Å². The molecule has 0 atom stereocenters. The molecule has 0 saturated heterocycles. The molecule has 0 aliphatic rings. The van der Waals surface area contributed by atoms with Crippen molar-refractivity contribution in [2.45, 2.75) is 21.6 Å². The minimum Gasteiger partial charge on any atom is -0.505 e. The molecule has 15 nitrogen and oxygen atoms in total. The van der Waals surface area contributed by atoms with Crippen LogP contribution in [0.5, 0.6) is 5.75 Å². The molecule has 0 aromatic heterocycles. The fraction of sp³-hybridized carbons (Fsp3) is 0.0435. The van der Waals surface area contributed by atoms with Gasteiger partial charge in [-0.15, -0.1) is 20.5 Å². The number of hydrogen-bond donors (Lipinski definition) is 5. The summed E-state index contributed by atoms with van der Waals surface area (Å²) in [6.45, 7) is 1.56. The predicted molar refractivity (Wildman–Crippen MR) is 145 cm³/mol. The Kier molecular flexibility index (Phi) is 7.84. The fourth-order valence-corrected chi connectivity index (χ4v) is 5.69. The van der Waals surface area contributed by atoms with E-state index in [4.69, 9.17) is 5.73 Å². The van der Waals surface area contributed by atoms with Crippen molar-refractivity contribution in [3.05, 3.63) is 66.0 Å². The van der Waals surface area contributed by atoms with Crippen molar-refractivity contribution in [3.8, 4) is 5.75 Å². The normalized spacial score (nSPS) is 13.0. The van der Waals surface area contributed by atoms with Gasteiger partial charge in [0, 0.05) is 16.8 Å². The molecule has 0 aliphatic heterocycles. The first-order chi connectivity index (χ1) is 19.4. The second-order valence-corrected chi connectivity index (χ2v) is 12.7. The van der Waals surface area contributed by atoms with Gasteiger partial charge in [0.1, 0.15) is 43.3 Å². The summed E-state index contributed by atoms with van der Waals surface area (Å²) in [6.07, 6.45) is 0. The number of nitrogens with zero attached hydrogens (tertiary/aromatic N) is 4. The molecule has 19 heteroatoms. The van der Waals surface area contributed by atoms with Crippen LogP contribution in [-0.4, -0.2) is 44.0 Å². The lowest BCUT2D eigenvalue weighted by atomic mass is 10.1. The smallest absolute Gasteiger partial charge is 0.296 e. The molecule has 42 heavy (non-hydrogen) atoms. The highest BCUT2D eigenvalue weighted by Gasteiger charge is 2.25. The van der Waals surface area contributed by atoms with Gasteiger partial charge in [0.15, 0.2) is 5.75 Å².